The van der Waals surface area contributed by atoms with Crippen molar-refractivity contribution >= 4 is 37.8 Å². The van der Waals surface area contributed by atoms with Crippen molar-refractivity contribution in [1.82, 2.24) is 24.3 Å². The molecule has 1 unspecified atom stereocenters. The van der Waals surface area contributed by atoms with Crippen LogP contribution in [0, 0.1) is 5.92 Å². The zero-order chi connectivity index (χ0) is 27.0. The van der Waals surface area contributed by atoms with Crippen LogP contribution in [0.25, 0.3) is 27.8 Å². The second-order valence-electron chi connectivity index (χ2n) is 9.64. The molecule has 1 atom stereocenters. The normalized spacial score (nSPS) is 16.5. The Bertz CT molecular complexity index is 1610. The number of hydrogen-bond acceptors (Lipinski definition) is 8. The molecule has 0 spiro atoms. The number of allylic oxidation sites excluding steroid dienone is 1. The average Bonchev–Trinajstić information content (AvgIpc) is 3.22. The lowest BCUT2D eigenvalue weighted by Gasteiger charge is -2.33. The van der Waals surface area contributed by atoms with Crippen LogP contribution in [0.15, 0.2) is 65.5 Å². The van der Waals surface area contributed by atoms with E-state index in [2.05, 4.69) is 21.4 Å². The number of hydrazine groups is 1. The summed E-state index contributed by atoms with van der Waals surface area (Å²) in [5, 5.41) is 2.20. The predicted octanol–water partition coefficient (Wildman–Crippen LogP) is 3.21. The van der Waals surface area contributed by atoms with Crippen molar-refractivity contribution in [2.45, 2.75) is 30.8 Å². The summed E-state index contributed by atoms with van der Waals surface area (Å²) in [5.41, 5.74) is 11.4. The highest BCUT2D eigenvalue weighted by molar-refractivity contribution is 7.89. The molecule has 0 radical (unpaired) electrons. The Hall–Kier alpha value is -3.51. The Balaban J connectivity index is 0.00000353. The number of nitrogens with two attached hydrogens (primary N) is 2. The standard InChI is InChI=1S/C27H33N7O3S.H2/c1-17(28)25(33(3)29)20-15-22-24(31-16-20)21-9-10-23(38(35,36)30-2)32-27(21)34(22)26(18-7-5-4-6-8-18)19-11-13-37-14-12-19;/h4-10,15-16,19,26,30H,11-14,28-29H2,1-3H3;1H/b25-17-;. The van der Waals surface area contributed by atoms with Gasteiger partial charge in [0.1, 0.15) is 5.65 Å². The van der Waals surface area contributed by atoms with Crippen molar-refractivity contribution in [3.05, 3.63) is 71.6 Å². The first-order valence-corrected chi connectivity index (χ1v) is 14.0. The third-order valence-electron chi connectivity index (χ3n) is 7.14. The molecule has 202 valence electrons. The van der Waals surface area contributed by atoms with Gasteiger partial charge in [-0.2, -0.15) is 0 Å². The molecule has 1 saturated heterocycles. The molecular formula is C27H35N7O3S. The first-order valence-electron chi connectivity index (χ1n) is 12.5. The first-order chi connectivity index (χ1) is 18.2. The number of ether oxygens (including phenoxy) is 1. The van der Waals surface area contributed by atoms with E-state index in [9.17, 15) is 8.42 Å². The molecule has 5 rings (SSSR count). The molecule has 38 heavy (non-hydrogen) atoms. The number of nitrogens with one attached hydrogen (secondary N) is 1. The summed E-state index contributed by atoms with van der Waals surface area (Å²) < 4.78 is 35.7. The van der Waals surface area contributed by atoms with E-state index in [1.165, 1.54) is 18.1 Å². The van der Waals surface area contributed by atoms with Gasteiger partial charge in [0.05, 0.1) is 22.8 Å². The van der Waals surface area contributed by atoms with Crippen molar-refractivity contribution in [2.75, 3.05) is 27.3 Å². The number of aromatic nitrogens is 3. The summed E-state index contributed by atoms with van der Waals surface area (Å²) in [6.45, 7) is 3.13. The maximum atomic E-state index is 12.8. The maximum absolute atomic E-state index is 12.8. The Morgan fingerprint density at radius 2 is 1.92 bits per heavy atom. The van der Waals surface area contributed by atoms with Crippen LogP contribution >= 0.6 is 0 Å². The molecule has 4 heterocycles. The lowest BCUT2D eigenvalue weighted by molar-refractivity contribution is 0.0552. The lowest BCUT2D eigenvalue weighted by Crippen LogP contribution is -2.28. The van der Waals surface area contributed by atoms with E-state index in [1.807, 2.05) is 24.3 Å². The summed E-state index contributed by atoms with van der Waals surface area (Å²) in [7, 11) is -0.652. The van der Waals surface area contributed by atoms with Crippen molar-refractivity contribution in [3.63, 3.8) is 0 Å². The number of rotatable bonds is 7. The van der Waals surface area contributed by atoms with Gasteiger partial charge in [0.25, 0.3) is 10.0 Å². The van der Waals surface area contributed by atoms with Crippen LogP contribution in [0.1, 0.15) is 38.4 Å². The quantitative estimate of drug-likeness (QED) is 0.241. The van der Waals surface area contributed by atoms with Gasteiger partial charge in [-0.15, -0.1) is 0 Å². The number of sulfonamides is 1. The Morgan fingerprint density at radius 3 is 2.55 bits per heavy atom. The summed E-state index contributed by atoms with van der Waals surface area (Å²) in [6.07, 6.45) is 3.47. The van der Waals surface area contributed by atoms with Crippen LogP contribution in [0.2, 0.25) is 0 Å². The third kappa shape index (κ3) is 4.62. The van der Waals surface area contributed by atoms with Gasteiger partial charge < -0.3 is 20.0 Å². The van der Waals surface area contributed by atoms with Crippen LogP contribution in [0.3, 0.4) is 0 Å². The van der Waals surface area contributed by atoms with Crippen molar-refractivity contribution in [2.24, 2.45) is 17.5 Å². The zero-order valence-electron chi connectivity index (χ0n) is 21.8. The van der Waals surface area contributed by atoms with Gasteiger partial charge in [-0.05, 0) is 56.5 Å². The second-order valence-corrected chi connectivity index (χ2v) is 11.5. The minimum atomic E-state index is -3.77. The average molecular weight is 538 g/mol. The fourth-order valence-corrected chi connectivity index (χ4v) is 6.11. The van der Waals surface area contributed by atoms with Crippen molar-refractivity contribution < 1.29 is 14.6 Å². The van der Waals surface area contributed by atoms with E-state index in [4.69, 9.17) is 26.3 Å². The number of hydrogen-bond donors (Lipinski definition) is 3. The minimum Gasteiger partial charge on any atom is -0.401 e. The number of fused-ring (bicyclic) bond motifs is 3. The number of pyridine rings is 2. The van der Waals surface area contributed by atoms with Gasteiger partial charge in [-0.1, -0.05) is 30.3 Å². The molecule has 0 amide bonds. The summed E-state index contributed by atoms with van der Waals surface area (Å²) in [6, 6.07) is 15.4. The number of benzene rings is 1. The highest BCUT2D eigenvalue weighted by atomic mass is 32.2. The van der Waals surface area contributed by atoms with Gasteiger partial charge in [0.2, 0.25) is 0 Å². The van der Waals surface area contributed by atoms with E-state index in [1.54, 1.807) is 26.2 Å². The van der Waals surface area contributed by atoms with Crippen LogP contribution in [0.5, 0.6) is 0 Å². The summed E-state index contributed by atoms with van der Waals surface area (Å²) in [4.78, 5) is 9.54. The van der Waals surface area contributed by atoms with E-state index in [0.717, 1.165) is 40.4 Å². The van der Waals surface area contributed by atoms with E-state index >= 15 is 0 Å². The Morgan fingerprint density at radius 1 is 1.21 bits per heavy atom. The van der Waals surface area contributed by atoms with Crippen molar-refractivity contribution in [1.29, 1.82) is 0 Å². The zero-order valence-corrected chi connectivity index (χ0v) is 22.6. The van der Waals surface area contributed by atoms with E-state index < -0.39 is 10.0 Å². The lowest BCUT2D eigenvalue weighted by atomic mass is 9.86. The topological polar surface area (TPSA) is 141 Å². The molecule has 4 aromatic rings. The van der Waals surface area contributed by atoms with E-state index in [0.29, 0.717) is 30.3 Å². The smallest absolute Gasteiger partial charge is 0.257 e. The fraction of sp³-hybridized carbons (Fsp3) is 0.333. The highest BCUT2D eigenvalue weighted by Gasteiger charge is 2.31. The molecule has 10 nitrogen and oxygen atoms in total. The maximum Gasteiger partial charge on any atom is 0.257 e. The fourth-order valence-electron chi connectivity index (χ4n) is 5.45. The number of nitrogens with zero attached hydrogens (tertiary/aromatic N) is 4. The van der Waals surface area contributed by atoms with Gasteiger partial charge in [-0.25, -0.2) is 24.0 Å². The molecule has 0 saturated carbocycles. The monoisotopic (exact) mass is 537 g/mol. The predicted molar refractivity (Wildman–Crippen MR) is 150 cm³/mol. The first kappa shape index (κ1) is 26.1. The molecule has 0 bridgehead atoms. The second kappa shape index (κ2) is 10.3. The molecule has 0 aliphatic carbocycles. The molecule has 1 aliphatic heterocycles. The molecular weight excluding hydrogens is 502 g/mol. The minimum absolute atomic E-state index is 0. The Kier molecular flexibility index (Phi) is 7.10. The van der Waals surface area contributed by atoms with Gasteiger partial charge >= 0.3 is 0 Å². The third-order valence-corrected chi connectivity index (χ3v) is 8.45. The Labute approximate surface area is 223 Å². The van der Waals surface area contributed by atoms with Gasteiger partial charge in [0.15, 0.2) is 5.03 Å². The molecule has 11 heteroatoms. The molecule has 1 aromatic carbocycles. The molecule has 3 aromatic heterocycles. The molecule has 5 N–H and O–H groups in total. The molecule has 1 fully saturated rings. The van der Waals surface area contributed by atoms with Gasteiger partial charge in [-0.3, -0.25) is 4.98 Å². The van der Waals surface area contributed by atoms with Crippen LogP contribution in [0.4, 0.5) is 0 Å². The summed E-state index contributed by atoms with van der Waals surface area (Å²) in [5.74, 6) is 6.38. The van der Waals surface area contributed by atoms with Crippen LogP contribution in [-0.2, 0) is 14.8 Å². The van der Waals surface area contributed by atoms with E-state index in [-0.39, 0.29) is 18.4 Å². The van der Waals surface area contributed by atoms with Crippen LogP contribution < -0.4 is 16.3 Å². The summed E-state index contributed by atoms with van der Waals surface area (Å²) >= 11 is 0. The molecule has 1 aliphatic rings. The largest absolute Gasteiger partial charge is 0.401 e. The van der Waals surface area contributed by atoms with Gasteiger partial charge in [0, 0.05) is 44.5 Å². The highest BCUT2D eigenvalue weighted by Crippen LogP contribution is 2.40. The van der Waals surface area contributed by atoms with Crippen molar-refractivity contribution in [3.8, 4) is 0 Å². The van der Waals surface area contributed by atoms with Crippen LogP contribution in [-0.4, -0.2) is 55.3 Å². The SMILES string of the molecule is CNS(=O)(=O)c1ccc2c3ncc(/C(=C(\C)N)N(C)N)cc3n(C(c3ccccc3)C3CCOCC3)c2n1.[HH].